The molecule has 0 saturated heterocycles. The van der Waals surface area contributed by atoms with Crippen molar-refractivity contribution < 1.29 is 9.18 Å². The van der Waals surface area contributed by atoms with E-state index in [2.05, 4.69) is 31.1 Å². The molecular weight excluding hydrogens is 385 g/mol. The van der Waals surface area contributed by atoms with E-state index in [0.29, 0.717) is 18.1 Å². The lowest BCUT2D eigenvalue weighted by Gasteiger charge is -2.16. The summed E-state index contributed by atoms with van der Waals surface area (Å²) in [6, 6.07) is 13.6. The molecule has 8 nitrogen and oxygen atoms in total. The molecule has 0 aliphatic heterocycles. The molecule has 0 atom stereocenters. The Morgan fingerprint density at radius 2 is 1.97 bits per heavy atom. The molecule has 30 heavy (non-hydrogen) atoms. The SMILES string of the molecule is Cc1nnnn1-c1cccc(NC(=O)NCCCCN(C)Cc2ccc(F)cc2)c1. The summed E-state index contributed by atoms with van der Waals surface area (Å²) in [5.74, 6) is 0.448. The van der Waals surface area contributed by atoms with Gasteiger partial charge in [0.2, 0.25) is 0 Å². The summed E-state index contributed by atoms with van der Waals surface area (Å²) in [7, 11) is 2.03. The molecule has 0 aliphatic rings. The second-order valence-corrected chi connectivity index (χ2v) is 7.14. The van der Waals surface area contributed by atoms with Crippen LogP contribution in [0.25, 0.3) is 5.69 Å². The maximum absolute atomic E-state index is 13.0. The summed E-state index contributed by atoms with van der Waals surface area (Å²) < 4.78 is 14.6. The first-order valence-corrected chi connectivity index (χ1v) is 9.84. The Kier molecular flexibility index (Phi) is 7.45. The molecule has 0 radical (unpaired) electrons. The minimum Gasteiger partial charge on any atom is -0.338 e. The molecule has 0 aliphatic carbocycles. The van der Waals surface area contributed by atoms with Crippen molar-refractivity contribution >= 4 is 11.7 Å². The van der Waals surface area contributed by atoms with Crippen LogP contribution >= 0.6 is 0 Å². The van der Waals surface area contributed by atoms with Crippen LogP contribution in [0.4, 0.5) is 14.9 Å². The first-order chi connectivity index (χ1) is 14.5. The van der Waals surface area contributed by atoms with Crippen LogP contribution in [0.1, 0.15) is 24.2 Å². The van der Waals surface area contributed by atoms with E-state index in [-0.39, 0.29) is 11.8 Å². The normalized spacial score (nSPS) is 10.9. The number of rotatable bonds is 9. The number of unbranched alkanes of at least 4 members (excludes halogenated alkanes) is 1. The minimum atomic E-state index is -0.250. The van der Waals surface area contributed by atoms with Crippen LogP contribution in [0, 0.1) is 12.7 Å². The largest absolute Gasteiger partial charge is 0.338 e. The van der Waals surface area contributed by atoms with Crippen molar-refractivity contribution in [2.24, 2.45) is 0 Å². The van der Waals surface area contributed by atoms with Gasteiger partial charge in [0.1, 0.15) is 5.82 Å². The number of anilines is 1. The summed E-state index contributed by atoms with van der Waals surface area (Å²) in [4.78, 5) is 14.3. The van der Waals surface area contributed by atoms with Crippen LogP contribution in [0.2, 0.25) is 0 Å². The third-order valence-corrected chi connectivity index (χ3v) is 4.59. The van der Waals surface area contributed by atoms with Gasteiger partial charge in [0.15, 0.2) is 5.82 Å². The van der Waals surface area contributed by atoms with Crippen molar-refractivity contribution in [3.63, 3.8) is 0 Å². The quantitative estimate of drug-likeness (QED) is 0.528. The Morgan fingerprint density at radius 1 is 1.17 bits per heavy atom. The van der Waals surface area contributed by atoms with Gasteiger partial charge in [-0.05, 0) is 79.7 Å². The topological polar surface area (TPSA) is 88.0 Å². The van der Waals surface area contributed by atoms with Gasteiger partial charge < -0.3 is 15.5 Å². The second kappa shape index (κ2) is 10.4. The van der Waals surface area contributed by atoms with Crippen molar-refractivity contribution in [3.05, 3.63) is 65.7 Å². The Labute approximate surface area is 175 Å². The Morgan fingerprint density at radius 3 is 2.70 bits per heavy atom. The summed E-state index contributed by atoms with van der Waals surface area (Å²) in [5, 5.41) is 17.1. The lowest BCUT2D eigenvalue weighted by molar-refractivity contribution is 0.251. The van der Waals surface area contributed by atoms with E-state index < -0.39 is 0 Å². The average molecular weight is 411 g/mol. The zero-order chi connectivity index (χ0) is 21.3. The maximum atomic E-state index is 13.0. The number of carbonyl (C=O) groups excluding carboxylic acids is 1. The molecule has 2 amide bonds. The van der Waals surface area contributed by atoms with Crippen LogP contribution in [0.5, 0.6) is 0 Å². The highest BCUT2D eigenvalue weighted by Gasteiger charge is 2.06. The van der Waals surface area contributed by atoms with E-state index in [4.69, 9.17) is 0 Å². The monoisotopic (exact) mass is 411 g/mol. The standard InChI is InChI=1S/C21H26FN7O/c1-16-25-26-27-29(16)20-7-5-6-19(14-20)24-21(30)23-12-3-4-13-28(2)15-17-8-10-18(22)11-9-17/h5-11,14H,3-4,12-13,15H2,1-2H3,(H2,23,24,30). The van der Waals surface area contributed by atoms with Gasteiger partial charge in [0, 0.05) is 18.8 Å². The average Bonchev–Trinajstić information content (AvgIpc) is 3.15. The zero-order valence-electron chi connectivity index (χ0n) is 17.2. The number of aromatic nitrogens is 4. The van der Waals surface area contributed by atoms with Gasteiger partial charge in [0.25, 0.3) is 0 Å². The molecule has 2 N–H and O–H groups in total. The summed E-state index contributed by atoms with van der Waals surface area (Å²) in [6.45, 7) is 4.06. The lowest BCUT2D eigenvalue weighted by Crippen LogP contribution is -2.30. The highest BCUT2D eigenvalue weighted by Crippen LogP contribution is 2.14. The molecule has 3 aromatic rings. The molecule has 2 aromatic carbocycles. The fourth-order valence-corrected chi connectivity index (χ4v) is 3.05. The molecule has 1 heterocycles. The van der Waals surface area contributed by atoms with Crippen molar-refractivity contribution in [1.82, 2.24) is 30.4 Å². The number of hydrogen-bond donors (Lipinski definition) is 2. The van der Waals surface area contributed by atoms with Crippen LogP contribution in [-0.2, 0) is 6.54 Å². The van der Waals surface area contributed by atoms with Crippen molar-refractivity contribution in [2.75, 3.05) is 25.5 Å². The molecule has 0 spiro atoms. The van der Waals surface area contributed by atoms with Crippen LogP contribution < -0.4 is 10.6 Å². The minimum absolute atomic E-state index is 0.219. The molecule has 1 aromatic heterocycles. The van der Waals surface area contributed by atoms with E-state index in [9.17, 15) is 9.18 Å². The van der Waals surface area contributed by atoms with Crippen molar-refractivity contribution in [2.45, 2.75) is 26.3 Å². The number of urea groups is 1. The molecule has 3 rings (SSSR count). The van der Waals surface area contributed by atoms with Crippen LogP contribution in [0.3, 0.4) is 0 Å². The third kappa shape index (κ3) is 6.35. The summed E-state index contributed by atoms with van der Waals surface area (Å²) in [5.41, 5.74) is 2.52. The van der Waals surface area contributed by atoms with Crippen molar-refractivity contribution in [3.8, 4) is 5.69 Å². The highest BCUT2D eigenvalue weighted by molar-refractivity contribution is 5.89. The maximum Gasteiger partial charge on any atom is 0.319 e. The van der Waals surface area contributed by atoms with Gasteiger partial charge in [-0.3, -0.25) is 0 Å². The summed E-state index contributed by atoms with van der Waals surface area (Å²) >= 11 is 0. The third-order valence-electron chi connectivity index (χ3n) is 4.59. The fraction of sp³-hybridized carbons (Fsp3) is 0.333. The molecular formula is C21H26FN7O. The van der Waals surface area contributed by atoms with E-state index >= 15 is 0 Å². The Hall–Kier alpha value is -3.33. The molecule has 0 fully saturated rings. The smallest absolute Gasteiger partial charge is 0.319 e. The number of benzene rings is 2. The second-order valence-electron chi connectivity index (χ2n) is 7.14. The molecule has 158 valence electrons. The summed E-state index contributed by atoms with van der Waals surface area (Å²) in [6.07, 6.45) is 1.82. The van der Waals surface area contributed by atoms with Gasteiger partial charge in [-0.1, -0.05) is 18.2 Å². The van der Waals surface area contributed by atoms with Gasteiger partial charge in [-0.2, -0.15) is 4.68 Å². The van der Waals surface area contributed by atoms with Gasteiger partial charge in [0.05, 0.1) is 5.69 Å². The van der Waals surface area contributed by atoms with E-state index in [1.165, 1.54) is 12.1 Å². The number of amides is 2. The number of nitrogens with one attached hydrogen (secondary N) is 2. The predicted octanol–water partition coefficient (Wildman–Crippen LogP) is 3.14. The Balaban J connectivity index is 1.35. The number of aryl methyl sites for hydroxylation is 1. The van der Waals surface area contributed by atoms with E-state index in [0.717, 1.165) is 37.2 Å². The highest BCUT2D eigenvalue weighted by atomic mass is 19.1. The van der Waals surface area contributed by atoms with Gasteiger partial charge in [-0.15, -0.1) is 5.10 Å². The Bertz CT molecular complexity index is 958. The van der Waals surface area contributed by atoms with Gasteiger partial charge >= 0.3 is 6.03 Å². The first kappa shape index (κ1) is 21.4. The van der Waals surface area contributed by atoms with Crippen LogP contribution in [-0.4, -0.2) is 51.3 Å². The molecule has 0 saturated carbocycles. The van der Waals surface area contributed by atoms with E-state index in [1.54, 1.807) is 16.8 Å². The molecule has 9 heteroatoms. The molecule has 0 bridgehead atoms. The number of nitrogens with zero attached hydrogens (tertiary/aromatic N) is 5. The zero-order valence-corrected chi connectivity index (χ0v) is 17.2. The number of tetrazole rings is 1. The van der Waals surface area contributed by atoms with Crippen molar-refractivity contribution in [1.29, 1.82) is 0 Å². The lowest BCUT2D eigenvalue weighted by atomic mass is 10.2. The van der Waals surface area contributed by atoms with Crippen LogP contribution in [0.15, 0.2) is 48.5 Å². The predicted molar refractivity (Wildman–Crippen MR) is 113 cm³/mol. The van der Waals surface area contributed by atoms with Gasteiger partial charge in [-0.25, -0.2) is 9.18 Å². The number of hydrogen-bond acceptors (Lipinski definition) is 5. The first-order valence-electron chi connectivity index (χ1n) is 9.84. The fourth-order valence-electron chi connectivity index (χ4n) is 3.05. The number of halogens is 1. The number of carbonyl (C=O) groups is 1. The molecule has 0 unspecified atom stereocenters. The van der Waals surface area contributed by atoms with E-state index in [1.807, 2.05) is 38.2 Å².